The second-order valence-corrected chi connectivity index (χ2v) is 2.81. The Bertz CT molecular complexity index is 393. The van der Waals surface area contributed by atoms with Gasteiger partial charge in [0.25, 0.3) is 6.43 Å². The van der Waals surface area contributed by atoms with Crippen LogP contribution < -0.4 is 0 Å². The number of aromatic nitrogens is 1. The molecule has 0 atom stereocenters. The summed E-state index contributed by atoms with van der Waals surface area (Å²) in [6.07, 6.45) is -3.02. The van der Waals surface area contributed by atoms with Crippen molar-refractivity contribution in [2.75, 3.05) is 7.11 Å². The number of ether oxygens (including phenoxy) is 1. The van der Waals surface area contributed by atoms with Crippen molar-refractivity contribution in [2.24, 2.45) is 0 Å². The number of rotatable bonds is 2. The Morgan fingerprint density at radius 1 is 1.53 bits per heavy atom. The summed E-state index contributed by atoms with van der Waals surface area (Å²) >= 11 is 0. The molecular weight excluding hydrogens is 211 g/mol. The second-order valence-electron chi connectivity index (χ2n) is 2.81. The van der Waals surface area contributed by atoms with Crippen LogP contribution in [-0.2, 0) is 4.74 Å². The summed E-state index contributed by atoms with van der Waals surface area (Å²) in [6, 6.07) is 0.901. The van der Waals surface area contributed by atoms with E-state index in [1.165, 1.54) is 6.92 Å². The normalized spacial score (nSPS) is 10.5. The van der Waals surface area contributed by atoms with Crippen LogP contribution in [0, 0.1) is 12.9 Å². The lowest BCUT2D eigenvalue weighted by Crippen LogP contribution is -2.11. The van der Waals surface area contributed by atoms with Crippen LogP contribution in [-0.4, -0.2) is 18.1 Å². The Hall–Kier alpha value is -1.59. The van der Waals surface area contributed by atoms with E-state index in [1.54, 1.807) is 0 Å². The summed E-state index contributed by atoms with van der Waals surface area (Å²) in [5.74, 6) is -1.99. The molecule has 1 aromatic heterocycles. The van der Waals surface area contributed by atoms with Gasteiger partial charge in [-0.3, -0.25) is 0 Å². The van der Waals surface area contributed by atoms with Gasteiger partial charge in [0, 0.05) is 0 Å². The van der Waals surface area contributed by atoms with Gasteiger partial charge in [0.05, 0.1) is 12.7 Å². The summed E-state index contributed by atoms with van der Waals surface area (Å²) in [5.41, 5.74) is -1.20. The zero-order valence-corrected chi connectivity index (χ0v) is 8.05. The monoisotopic (exact) mass is 219 g/mol. The Labute approximate surface area is 83.9 Å². The molecule has 1 rings (SSSR count). The van der Waals surface area contributed by atoms with Crippen LogP contribution in [0.25, 0.3) is 0 Å². The smallest absolute Gasteiger partial charge is 0.340 e. The molecule has 0 amide bonds. The van der Waals surface area contributed by atoms with Gasteiger partial charge in [-0.05, 0) is 18.6 Å². The predicted molar refractivity (Wildman–Crippen MR) is 45.2 cm³/mol. The maximum absolute atomic E-state index is 12.7. The van der Waals surface area contributed by atoms with Gasteiger partial charge in [-0.15, -0.1) is 0 Å². The molecule has 82 valence electrons. The fourth-order valence-electron chi connectivity index (χ4n) is 1.18. The van der Waals surface area contributed by atoms with Gasteiger partial charge in [-0.2, -0.15) is 4.39 Å². The van der Waals surface area contributed by atoms with Crippen LogP contribution in [0.1, 0.15) is 28.0 Å². The first kappa shape index (κ1) is 11.5. The Kier molecular flexibility index (Phi) is 3.28. The van der Waals surface area contributed by atoms with E-state index in [1.807, 2.05) is 0 Å². The molecule has 0 aliphatic rings. The van der Waals surface area contributed by atoms with Gasteiger partial charge in [0.2, 0.25) is 5.95 Å². The third-order valence-electron chi connectivity index (χ3n) is 1.81. The third kappa shape index (κ3) is 2.26. The summed E-state index contributed by atoms with van der Waals surface area (Å²) in [4.78, 5) is 14.1. The minimum atomic E-state index is -3.02. The van der Waals surface area contributed by atoms with E-state index in [9.17, 15) is 18.0 Å². The standard InChI is InChI=1S/C9H8F3NO2/c1-4-3-5(10)13-7(8(11)12)6(4)9(14)15-2/h3,8H,1-2H3. The molecule has 1 aromatic rings. The number of hydrogen-bond acceptors (Lipinski definition) is 3. The fourth-order valence-corrected chi connectivity index (χ4v) is 1.18. The molecule has 0 bridgehead atoms. The summed E-state index contributed by atoms with van der Waals surface area (Å²) in [5, 5.41) is 0. The molecule has 6 heteroatoms. The van der Waals surface area contributed by atoms with Gasteiger partial charge >= 0.3 is 5.97 Å². The molecule has 3 nitrogen and oxygen atoms in total. The predicted octanol–water partition coefficient (Wildman–Crippen LogP) is 2.25. The van der Waals surface area contributed by atoms with E-state index in [0.717, 1.165) is 13.2 Å². The molecule has 15 heavy (non-hydrogen) atoms. The van der Waals surface area contributed by atoms with Crippen molar-refractivity contribution in [1.82, 2.24) is 4.98 Å². The minimum Gasteiger partial charge on any atom is -0.465 e. The number of carbonyl (C=O) groups excluding carboxylic acids is 1. The summed E-state index contributed by atoms with van der Waals surface area (Å²) in [7, 11) is 1.06. The molecule has 0 fully saturated rings. The topological polar surface area (TPSA) is 39.2 Å². The second kappa shape index (κ2) is 4.29. The van der Waals surface area contributed by atoms with Gasteiger partial charge in [-0.1, -0.05) is 0 Å². The van der Waals surface area contributed by atoms with Gasteiger partial charge < -0.3 is 4.74 Å². The average Bonchev–Trinajstić information content (AvgIpc) is 2.15. The highest BCUT2D eigenvalue weighted by atomic mass is 19.3. The number of pyridine rings is 1. The van der Waals surface area contributed by atoms with E-state index in [4.69, 9.17) is 0 Å². The SMILES string of the molecule is COC(=O)c1c(C)cc(F)nc1C(F)F. The maximum atomic E-state index is 12.7. The molecule has 0 saturated carbocycles. The highest BCUT2D eigenvalue weighted by Gasteiger charge is 2.24. The van der Waals surface area contributed by atoms with Crippen molar-refractivity contribution in [3.8, 4) is 0 Å². The highest BCUT2D eigenvalue weighted by molar-refractivity contribution is 5.92. The summed E-state index contributed by atoms with van der Waals surface area (Å²) < 4.78 is 41.9. The average molecular weight is 219 g/mol. The van der Waals surface area contributed by atoms with Crippen molar-refractivity contribution in [2.45, 2.75) is 13.3 Å². The first-order valence-electron chi connectivity index (χ1n) is 4.01. The van der Waals surface area contributed by atoms with E-state index >= 15 is 0 Å². The molecule has 0 radical (unpaired) electrons. The lowest BCUT2D eigenvalue weighted by atomic mass is 10.1. The first-order chi connectivity index (χ1) is 6.97. The first-order valence-corrected chi connectivity index (χ1v) is 4.01. The van der Waals surface area contributed by atoms with Crippen LogP contribution in [0.3, 0.4) is 0 Å². The molecule has 0 unspecified atom stereocenters. The van der Waals surface area contributed by atoms with Crippen molar-refractivity contribution < 1.29 is 22.7 Å². The number of halogens is 3. The van der Waals surface area contributed by atoms with E-state index in [0.29, 0.717) is 0 Å². The number of carbonyl (C=O) groups is 1. The van der Waals surface area contributed by atoms with Crippen molar-refractivity contribution in [3.63, 3.8) is 0 Å². The number of esters is 1. The van der Waals surface area contributed by atoms with Gasteiger partial charge in [-0.25, -0.2) is 18.6 Å². The van der Waals surface area contributed by atoms with Crippen molar-refractivity contribution >= 4 is 5.97 Å². The van der Waals surface area contributed by atoms with Crippen LogP contribution in [0.4, 0.5) is 13.2 Å². The number of aryl methyl sites for hydroxylation is 1. The molecule has 0 N–H and O–H groups in total. The molecular formula is C9H8F3NO2. The molecule has 0 saturated heterocycles. The minimum absolute atomic E-state index is 0.0738. The van der Waals surface area contributed by atoms with E-state index in [-0.39, 0.29) is 11.1 Å². The lowest BCUT2D eigenvalue weighted by Gasteiger charge is -2.08. The Morgan fingerprint density at radius 3 is 2.60 bits per heavy atom. The van der Waals surface area contributed by atoms with E-state index < -0.39 is 24.0 Å². The Balaban J connectivity index is 3.40. The fraction of sp³-hybridized carbons (Fsp3) is 0.333. The summed E-state index contributed by atoms with van der Waals surface area (Å²) in [6.45, 7) is 1.34. The van der Waals surface area contributed by atoms with Gasteiger partial charge in [0.1, 0.15) is 5.69 Å². The van der Waals surface area contributed by atoms with Gasteiger partial charge in [0.15, 0.2) is 0 Å². The van der Waals surface area contributed by atoms with Crippen molar-refractivity contribution in [1.29, 1.82) is 0 Å². The number of alkyl halides is 2. The molecule has 0 aliphatic carbocycles. The molecule has 1 heterocycles. The molecule has 0 spiro atoms. The number of hydrogen-bond donors (Lipinski definition) is 0. The van der Waals surface area contributed by atoms with Crippen LogP contribution in [0.15, 0.2) is 6.07 Å². The van der Waals surface area contributed by atoms with Crippen molar-refractivity contribution in [3.05, 3.63) is 28.8 Å². The quantitative estimate of drug-likeness (QED) is 0.565. The van der Waals surface area contributed by atoms with Crippen LogP contribution in [0.2, 0.25) is 0 Å². The maximum Gasteiger partial charge on any atom is 0.340 e. The largest absolute Gasteiger partial charge is 0.465 e. The molecule has 0 aromatic carbocycles. The lowest BCUT2D eigenvalue weighted by molar-refractivity contribution is 0.0585. The van der Waals surface area contributed by atoms with E-state index in [2.05, 4.69) is 9.72 Å². The molecule has 0 aliphatic heterocycles. The van der Waals surface area contributed by atoms with Crippen LogP contribution in [0.5, 0.6) is 0 Å². The zero-order valence-electron chi connectivity index (χ0n) is 8.05. The zero-order chi connectivity index (χ0) is 11.6. The number of nitrogens with zero attached hydrogens (tertiary/aromatic N) is 1. The Morgan fingerprint density at radius 2 is 2.13 bits per heavy atom. The third-order valence-corrected chi connectivity index (χ3v) is 1.81. The van der Waals surface area contributed by atoms with Crippen LogP contribution >= 0.6 is 0 Å². The highest BCUT2D eigenvalue weighted by Crippen LogP contribution is 2.24. The number of methoxy groups -OCH3 is 1.